The van der Waals surface area contributed by atoms with Crippen molar-refractivity contribution in [2.75, 3.05) is 13.6 Å². The van der Waals surface area contributed by atoms with Crippen LogP contribution in [0.1, 0.15) is 27.2 Å². The van der Waals surface area contributed by atoms with Gasteiger partial charge in [-0.15, -0.1) is 0 Å². The molecule has 0 saturated heterocycles. The molecule has 7 heteroatoms. The van der Waals surface area contributed by atoms with Crippen LogP contribution in [0, 0.1) is 17.8 Å². The Hall–Kier alpha value is -1.63. The second-order valence-electron chi connectivity index (χ2n) is 4.89. The zero-order valence-corrected chi connectivity index (χ0v) is 11.8. The van der Waals surface area contributed by atoms with Gasteiger partial charge in [0.2, 0.25) is 17.7 Å². The Morgan fingerprint density at radius 1 is 1.11 bits per heavy atom. The van der Waals surface area contributed by atoms with Gasteiger partial charge in [-0.25, -0.2) is 5.48 Å². The first-order valence-corrected chi connectivity index (χ1v) is 6.25. The van der Waals surface area contributed by atoms with E-state index in [0.29, 0.717) is 6.42 Å². The topological polar surface area (TPSA) is 108 Å². The van der Waals surface area contributed by atoms with Crippen LogP contribution in [-0.2, 0) is 14.4 Å². The number of hydrogen-bond donors (Lipinski definition) is 4. The van der Waals surface area contributed by atoms with E-state index in [1.165, 1.54) is 7.05 Å². The van der Waals surface area contributed by atoms with Gasteiger partial charge in [0, 0.05) is 18.9 Å². The molecule has 0 unspecified atom stereocenters. The fourth-order valence-electron chi connectivity index (χ4n) is 1.72. The Balaban J connectivity index is 4.69. The van der Waals surface area contributed by atoms with Crippen molar-refractivity contribution >= 4 is 17.7 Å². The molecular weight excluding hydrogens is 250 g/mol. The molecule has 0 aromatic heterocycles. The van der Waals surface area contributed by atoms with Gasteiger partial charge in [0.1, 0.15) is 0 Å². The average Bonchev–Trinajstić information content (AvgIpc) is 2.39. The summed E-state index contributed by atoms with van der Waals surface area (Å²) in [6.45, 7) is 5.31. The van der Waals surface area contributed by atoms with Crippen LogP contribution in [0.5, 0.6) is 0 Å². The van der Waals surface area contributed by atoms with Gasteiger partial charge < -0.3 is 10.6 Å². The van der Waals surface area contributed by atoms with Gasteiger partial charge in [-0.2, -0.15) is 0 Å². The smallest absolute Gasteiger partial charge is 0.246 e. The van der Waals surface area contributed by atoms with Crippen molar-refractivity contribution < 1.29 is 19.6 Å². The summed E-state index contributed by atoms with van der Waals surface area (Å²) in [5.41, 5.74) is 1.55. The van der Waals surface area contributed by atoms with Gasteiger partial charge >= 0.3 is 0 Å². The summed E-state index contributed by atoms with van der Waals surface area (Å²) in [6, 6.07) is 0. The van der Waals surface area contributed by atoms with E-state index in [9.17, 15) is 14.4 Å². The summed E-state index contributed by atoms with van der Waals surface area (Å²) in [4.78, 5) is 34.5. The third-order valence-corrected chi connectivity index (χ3v) is 2.89. The zero-order chi connectivity index (χ0) is 15.0. The molecule has 0 heterocycles. The van der Waals surface area contributed by atoms with E-state index in [2.05, 4.69) is 10.6 Å². The molecule has 0 aliphatic rings. The standard InChI is InChI=1S/C12H23N3O4/c1-7(2)5-9(8(3)11(17)15-19)12(18)14-6-10(16)13-4/h7-9,19H,5-6H2,1-4H3,(H,13,16)(H,14,18)(H,15,17)/t8-,9-/m1/s1. The second kappa shape index (κ2) is 8.47. The van der Waals surface area contributed by atoms with Crippen molar-refractivity contribution in [1.82, 2.24) is 16.1 Å². The molecule has 0 spiro atoms. The summed E-state index contributed by atoms with van der Waals surface area (Å²) in [5.74, 6) is -2.33. The number of rotatable bonds is 7. The molecule has 0 aliphatic carbocycles. The van der Waals surface area contributed by atoms with E-state index in [1.807, 2.05) is 13.8 Å². The van der Waals surface area contributed by atoms with Crippen LogP contribution in [0.3, 0.4) is 0 Å². The second-order valence-corrected chi connectivity index (χ2v) is 4.89. The first-order chi connectivity index (χ1) is 8.83. The summed E-state index contributed by atoms with van der Waals surface area (Å²) < 4.78 is 0. The number of carbonyl (C=O) groups excluding carboxylic acids is 3. The van der Waals surface area contributed by atoms with E-state index >= 15 is 0 Å². The van der Waals surface area contributed by atoms with Gasteiger partial charge in [0.05, 0.1) is 6.54 Å². The van der Waals surface area contributed by atoms with Gasteiger partial charge in [-0.3, -0.25) is 19.6 Å². The molecule has 0 fully saturated rings. The maximum Gasteiger partial charge on any atom is 0.246 e. The predicted octanol–water partition coefficient (Wildman–Crippen LogP) is -0.348. The highest BCUT2D eigenvalue weighted by Crippen LogP contribution is 2.21. The van der Waals surface area contributed by atoms with E-state index in [4.69, 9.17) is 5.21 Å². The van der Waals surface area contributed by atoms with Crippen molar-refractivity contribution in [3.05, 3.63) is 0 Å². The molecule has 0 bridgehead atoms. The molecule has 0 aliphatic heterocycles. The van der Waals surface area contributed by atoms with Gasteiger partial charge in [-0.05, 0) is 12.3 Å². The number of hydrogen-bond acceptors (Lipinski definition) is 4. The van der Waals surface area contributed by atoms with Crippen LogP contribution in [-0.4, -0.2) is 36.5 Å². The summed E-state index contributed by atoms with van der Waals surface area (Å²) in [7, 11) is 1.47. The number of likely N-dealkylation sites (N-methyl/N-ethyl adjacent to an activating group) is 1. The lowest BCUT2D eigenvalue weighted by molar-refractivity contribution is -0.140. The first-order valence-electron chi connectivity index (χ1n) is 6.25. The maximum atomic E-state index is 12.0. The van der Waals surface area contributed by atoms with E-state index in [1.54, 1.807) is 12.4 Å². The van der Waals surface area contributed by atoms with Crippen LogP contribution in [0.25, 0.3) is 0 Å². The van der Waals surface area contributed by atoms with Crippen molar-refractivity contribution in [3.8, 4) is 0 Å². The minimum atomic E-state index is -0.669. The third-order valence-electron chi connectivity index (χ3n) is 2.89. The lowest BCUT2D eigenvalue weighted by atomic mass is 9.85. The van der Waals surface area contributed by atoms with Crippen LogP contribution >= 0.6 is 0 Å². The molecule has 2 atom stereocenters. The highest BCUT2D eigenvalue weighted by atomic mass is 16.5. The molecule has 0 radical (unpaired) electrons. The van der Waals surface area contributed by atoms with Crippen molar-refractivity contribution in [3.63, 3.8) is 0 Å². The fraction of sp³-hybridized carbons (Fsp3) is 0.750. The molecule has 7 nitrogen and oxygen atoms in total. The SMILES string of the molecule is CNC(=O)CNC(=O)[C@H](CC(C)C)[C@@H](C)C(=O)NO. The molecule has 110 valence electrons. The lowest BCUT2D eigenvalue weighted by Crippen LogP contribution is -2.43. The summed E-state index contributed by atoms with van der Waals surface area (Å²) >= 11 is 0. The highest BCUT2D eigenvalue weighted by molar-refractivity contribution is 5.89. The molecule has 3 amide bonds. The summed E-state index contributed by atoms with van der Waals surface area (Å²) in [6.07, 6.45) is 0.494. The lowest BCUT2D eigenvalue weighted by Gasteiger charge is -2.23. The minimum absolute atomic E-state index is 0.128. The Morgan fingerprint density at radius 3 is 2.11 bits per heavy atom. The number of carbonyl (C=O) groups is 3. The Morgan fingerprint density at radius 2 is 1.68 bits per heavy atom. The van der Waals surface area contributed by atoms with Crippen molar-refractivity contribution in [2.24, 2.45) is 17.8 Å². The van der Waals surface area contributed by atoms with Crippen LogP contribution < -0.4 is 16.1 Å². The van der Waals surface area contributed by atoms with Crippen LogP contribution in [0.4, 0.5) is 0 Å². The average molecular weight is 273 g/mol. The Kier molecular flexibility index (Phi) is 7.74. The zero-order valence-electron chi connectivity index (χ0n) is 11.8. The number of nitrogens with one attached hydrogen (secondary N) is 3. The van der Waals surface area contributed by atoms with Crippen LogP contribution in [0.15, 0.2) is 0 Å². The molecular formula is C12H23N3O4. The molecule has 0 aromatic carbocycles. The normalized spacial score (nSPS) is 13.6. The first kappa shape index (κ1) is 17.4. The third kappa shape index (κ3) is 6.19. The van der Waals surface area contributed by atoms with Crippen molar-refractivity contribution in [1.29, 1.82) is 0 Å². The molecule has 0 aromatic rings. The Labute approximate surface area is 113 Å². The number of amides is 3. The van der Waals surface area contributed by atoms with Crippen molar-refractivity contribution in [2.45, 2.75) is 27.2 Å². The highest BCUT2D eigenvalue weighted by Gasteiger charge is 2.30. The molecule has 0 saturated carbocycles. The predicted molar refractivity (Wildman–Crippen MR) is 69.1 cm³/mol. The Bertz CT molecular complexity index is 331. The molecule has 19 heavy (non-hydrogen) atoms. The van der Waals surface area contributed by atoms with E-state index in [0.717, 1.165) is 0 Å². The van der Waals surface area contributed by atoms with Gasteiger partial charge in [-0.1, -0.05) is 20.8 Å². The molecule has 0 rings (SSSR count). The largest absolute Gasteiger partial charge is 0.358 e. The summed E-state index contributed by atoms with van der Waals surface area (Å²) in [5, 5.41) is 13.5. The minimum Gasteiger partial charge on any atom is -0.358 e. The maximum absolute atomic E-state index is 12.0. The van der Waals surface area contributed by atoms with Crippen LogP contribution in [0.2, 0.25) is 0 Å². The number of hydroxylamine groups is 1. The van der Waals surface area contributed by atoms with E-state index < -0.39 is 17.7 Å². The fourth-order valence-corrected chi connectivity index (χ4v) is 1.72. The quantitative estimate of drug-likeness (QED) is 0.376. The van der Waals surface area contributed by atoms with Gasteiger partial charge in [0.15, 0.2) is 0 Å². The monoisotopic (exact) mass is 273 g/mol. The van der Waals surface area contributed by atoms with Gasteiger partial charge in [0.25, 0.3) is 0 Å². The van der Waals surface area contributed by atoms with E-state index in [-0.39, 0.29) is 24.3 Å². The molecule has 4 N–H and O–H groups in total.